The second kappa shape index (κ2) is 6.26. The van der Waals surface area contributed by atoms with Crippen LogP contribution in [0.5, 0.6) is 0 Å². The van der Waals surface area contributed by atoms with Crippen LogP contribution in [0.2, 0.25) is 0 Å². The lowest BCUT2D eigenvalue weighted by molar-refractivity contribution is 0.573. The summed E-state index contributed by atoms with van der Waals surface area (Å²) in [5, 5.41) is 6.00. The van der Waals surface area contributed by atoms with E-state index >= 15 is 0 Å². The van der Waals surface area contributed by atoms with Crippen molar-refractivity contribution in [1.82, 2.24) is 15.3 Å². The van der Waals surface area contributed by atoms with Gasteiger partial charge < -0.3 is 10.3 Å². The molecule has 0 aliphatic heterocycles. The number of aryl methyl sites for hydroxylation is 2. The minimum absolute atomic E-state index is 0.0632. The maximum absolute atomic E-state index is 12.6. The monoisotopic (exact) mass is 327 g/mol. The van der Waals surface area contributed by atoms with Crippen molar-refractivity contribution in [2.45, 2.75) is 40.3 Å². The number of rotatable bonds is 4. The van der Waals surface area contributed by atoms with Gasteiger partial charge in [0.1, 0.15) is 10.7 Å². The van der Waals surface area contributed by atoms with E-state index in [-0.39, 0.29) is 5.56 Å². The van der Waals surface area contributed by atoms with Crippen molar-refractivity contribution in [3.05, 3.63) is 50.9 Å². The van der Waals surface area contributed by atoms with Crippen molar-refractivity contribution in [2.24, 2.45) is 0 Å². The molecule has 0 bridgehead atoms. The van der Waals surface area contributed by atoms with Crippen LogP contribution in [0, 0.1) is 13.8 Å². The summed E-state index contributed by atoms with van der Waals surface area (Å²) < 4.78 is 0. The van der Waals surface area contributed by atoms with Crippen LogP contribution < -0.4 is 10.9 Å². The quantitative estimate of drug-likeness (QED) is 0.767. The third-order valence-electron chi connectivity index (χ3n) is 3.84. The number of hydrogen-bond donors (Lipinski definition) is 2. The molecule has 2 N–H and O–H groups in total. The molecule has 0 aliphatic rings. The molecule has 0 saturated heterocycles. The predicted molar refractivity (Wildman–Crippen MR) is 97.1 cm³/mol. The predicted octanol–water partition coefficient (Wildman–Crippen LogP) is 3.77. The number of benzene rings is 1. The Morgan fingerprint density at radius 3 is 2.74 bits per heavy atom. The first-order valence-electron chi connectivity index (χ1n) is 7.77. The van der Waals surface area contributed by atoms with Crippen molar-refractivity contribution in [3.63, 3.8) is 0 Å². The van der Waals surface area contributed by atoms with E-state index in [2.05, 4.69) is 61.2 Å². The van der Waals surface area contributed by atoms with E-state index in [0.29, 0.717) is 23.8 Å². The number of hydrogen-bond acceptors (Lipinski definition) is 4. The van der Waals surface area contributed by atoms with Crippen molar-refractivity contribution >= 4 is 21.6 Å². The number of nitrogens with zero attached hydrogens (tertiary/aromatic N) is 1. The SMILES string of the molecule is Cc1ccc(-c2csc3nc(CNC(C)C)[nH]c(=O)c23)c(C)c1. The molecule has 0 amide bonds. The molecule has 0 saturated carbocycles. The lowest BCUT2D eigenvalue weighted by Crippen LogP contribution is -2.24. The Balaban J connectivity index is 2.09. The summed E-state index contributed by atoms with van der Waals surface area (Å²) in [5.74, 6) is 0.685. The minimum atomic E-state index is -0.0632. The first-order chi connectivity index (χ1) is 11.0. The van der Waals surface area contributed by atoms with Crippen molar-refractivity contribution in [3.8, 4) is 11.1 Å². The second-order valence-corrected chi connectivity index (χ2v) is 7.05. The van der Waals surface area contributed by atoms with Gasteiger partial charge >= 0.3 is 0 Å². The molecule has 2 aromatic heterocycles. The number of H-pyrrole nitrogens is 1. The highest BCUT2D eigenvalue weighted by Crippen LogP contribution is 2.33. The van der Waals surface area contributed by atoms with E-state index in [4.69, 9.17) is 0 Å². The Kier molecular flexibility index (Phi) is 4.33. The highest BCUT2D eigenvalue weighted by molar-refractivity contribution is 7.17. The largest absolute Gasteiger partial charge is 0.309 e. The molecule has 3 aromatic rings. The van der Waals surface area contributed by atoms with Crippen LogP contribution in [0.4, 0.5) is 0 Å². The second-order valence-electron chi connectivity index (χ2n) is 6.20. The van der Waals surface area contributed by atoms with E-state index in [1.165, 1.54) is 22.5 Å². The first kappa shape index (κ1) is 15.9. The van der Waals surface area contributed by atoms with Gasteiger partial charge in [0.05, 0.1) is 11.9 Å². The Bertz CT molecular complexity index is 908. The fourth-order valence-electron chi connectivity index (χ4n) is 2.69. The molecule has 0 unspecified atom stereocenters. The average Bonchev–Trinajstić information content (AvgIpc) is 2.89. The molecule has 0 fully saturated rings. The first-order valence-corrected chi connectivity index (χ1v) is 8.65. The lowest BCUT2D eigenvalue weighted by Gasteiger charge is -2.08. The average molecular weight is 327 g/mol. The molecule has 23 heavy (non-hydrogen) atoms. The van der Waals surface area contributed by atoms with Gasteiger partial charge in [0, 0.05) is 17.0 Å². The Hall–Kier alpha value is -1.98. The van der Waals surface area contributed by atoms with Gasteiger partial charge in [0.15, 0.2) is 0 Å². The number of aromatic nitrogens is 2. The van der Waals surface area contributed by atoms with E-state index in [1.54, 1.807) is 0 Å². The van der Waals surface area contributed by atoms with Gasteiger partial charge in [-0.05, 0) is 25.0 Å². The fraction of sp³-hybridized carbons (Fsp3) is 0.333. The fourth-order valence-corrected chi connectivity index (χ4v) is 3.65. The van der Waals surface area contributed by atoms with Crippen LogP contribution in [-0.2, 0) is 6.54 Å². The van der Waals surface area contributed by atoms with Crippen molar-refractivity contribution in [2.75, 3.05) is 0 Å². The Labute approximate surface area is 139 Å². The van der Waals surface area contributed by atoms with E-state index < -0.39 is 0 Å². The number of aromatic amines is 1. The summed E-state index contributed by atoms with van der Waals surface area (Å²) in [6.45, 7) is 8.86. The zero-order valence-corrected chi connectivity index (χ0v) is 14.7. The molecule has 0 radical (unpaired) electrons. The zero-order chi connectivity index (χ0) is 16.6. The van der Waals surface area contributed by atoms with Gasteiger partial charge in [-0.25, -0.2) is 4.98 Å². The summed E-state index contributed by atoms with van der Waals surface area (Å²) in [6.07, 6.45) is 0. The smallest absolute Gasteiger partial charge is 0.260 e. The molecule has 0 spiro atoms. The van der Waals surface area contributed by atoms with Gasteiger partial charge in [0.25, 0.3) is 5.56 Å². The molecular weight excluding hydrogens is 306 g/mol. The lowest BCUT2D eigenvalue weighted by atomic mass is 9.99. The van der Waals surface area contributed by atoms with Gasteiger partial charge in [-0.15, -0.1) is 11.3 Å². The number of fused-ring (bicyclic) bond motifs is 1. The van der Waals surface area contributed by atoms with Crippen LogP contribution in [0.1, 0.15) is 30.8 Å². The molecular formula is C18H21N3OS. The van der Waals surface area contributed by atoms with E-state index in [1.807, 2.05) is 5.38 Å². The summed E-state index contributed by atoms with van der Waals surface area (Å²) in [5.41, 5.74) is 4.41. The molecule has 0 atom stereocenters. The van der Waals surface area contributed by atoms with Crippen molar-refractivity contribution < 1.29 is 0 Å². The topological polar surface area (TPSA) is 57.8 Å². The molecule has 3 rings (SSSR count). The van der Waals surface area contributed by atoms with Crippen LogP contribution in [-0.4, -0.2) is 16.0 Å². The van der Waals surface area contributed by atoms with E-state index in [0.717, 1.165) is 16.0 Å². The molecule has 5 heteroatoms. The maximum atomic E-state index is 12.6. The Morgan fingerprint density at radius 1 is 1.26 bits per heavy atom. The van der Waals surface area contributed by atoms with E-state index in [9.17, 15) is 4.79 Å². The van der Waals surface area contributed by atoms with Crippen LogP contribution in [0.25, 0.3) is 21.3 Å². The third-order valence-corrected chi connectivity index (χ3v) is 4.72. The van der Waals surface area contributed by atoms with Gasteiger partial charge in [-0.2, -0.15) is 0 Å². The maximum Gasteiger partial charge on any atom is 0.260 e. The third kappa shape index (κ3) is 3.21. The number of nitrogens with one attached hydrogen (secondary N) is 2. The minimum Gasteiger partial charge on any atom is -0.309 e. The van der Waals surface area contributed by atoms with Gasteiger partial charge in [-0.3, -0.25) is 4.79 Å². The van der Waals surface area contributed by atoms with Crippen molar-refractivity contribution in [1.29, 1.82) is 0 Å². The molecule has 4 nitrogen and oxygen atoms in total. The molecule has 0 aliphatic carbocycles. The van der Waals surface area contributed by atoms with Gasteiger partial charge in [-0.1, -0.05) is 37.6 Å². The normalized spacial score (nSPS) is 11.5. The highest BCUT2D eigenvalue weighted by Gasteiger charge is 2.14. The zero-order valence-electron chi connectivity index (χ0n) is 13.9. The summed E-state index contributed by atoms with van der Waals surface area (Å²) in [6, 6.07) is 6.65. The number of thiophene rings is 1. The Morgan fingerprint density at radius 2 is 2.04 bits per heavy atom. The summed E-state index contributed by atoms with van der Waals surface area (Å²) in [4.78, 5) is 20.9. The summed E-state index contributed by atoms with van der Waals surface area (Å²) >= 11 is 1.53. The summed E-state index contributed by atoms with van der Waals surface area (Å²) in [7, 11) is 0. The highest BCUT2D eigenvalue weighted by atomic mass is 32.1. The molecule has 120 valence electrons. The van der Waals surface area contributed by atoms with Crippen LogP contribution in [0.15, 0.2) is 28.4 Å². The molecule has 1 aromatic carbocycles. The standard InChI is InChI=1S/C18H21N3OS/c1-10(2)19-8-15-20-17(22)16-14(9-23-18(16)21-15)13-6-5-11(3)7-12(13)4/h5-7,9-10,19H,8H2,1-4H3,(H,20,21,22). The van der Waals surface area contributed by atoms with Crippen LogP contribution >= 0.6 is 11.3 Å². The van der Waals surface area contributed by atoms with Crippen LogP contribution in [0.3, 0.4) is 0 Å². The van der Waals surface area contributed by atoms with Gasteiger partial charge in [0.2, 0.25) is 0 Å². The molecule has 2 heterocycles.